The maximum Gasteiger partial charge on any atom is 0.401 e. The number of alkyl halides is 3. The standard InChI is InChI=1S/C23H23ClF3N7O/c1-33-18-7-14(24)4-5-15(18)19(32-33)17-10-29-21-20(31-17)16(9-28-21)22(35)30-8-13-3-2-6-34(11-13)12-23(25,26)27/h4-5,7,9-10,13H,2-3,6,8,11-12H2,1H3,(H,28,29)(H,30,35). The fourth-order valence-electron chi connectivity index (χ4n) is 4.65. The number of likely N-dealkylation sites (tertiary alicyclic amines) is 1. The Kier molecular flexibility index (Phi) is 6.14. The van der Waals surface area contributed by atoms with Crippen LogP contribution in [0, 0.1) is 5.92 Å². The first-order valence-corrected chi connectivity index (χ1v) is 11.6. The van der Waals surface area contributed by atoms with Gasteiger partial charge in [0.2, 0.25) is 0 Å². The number of carbonyl (C=O) groups is 1. The molecule has 0 bridgehead atoms. The molecule has 35 heavy (non-hydrogen) atoms. The van der Waals surface area contributed by atoms with E-state index in [0.717, 1.165) is 17.3 Å². The Morgan fingerprint density at radius 2 is 2.17 bits per heavy atom. The van der Waals surface area contributed by atoms with Crippen LogP contribution in [0.2, 0.25) is 5.02 Å². The number of amides is 1. The van der Waals surface area contributed by atoms with E-state index in [2.05, 4.69) is 25.4 Å². The normalized spacial score (nSPS) is 17.3. The topological polar surface area (TPSA) is 91.7 Å². The molecule has 5 rings (SSSR count). The van der Waals surface area contributed by atoms with Gasteiger partial charge in [0.05, 0.1) is 23.8 Å². The summed E-state index contributed by atoms with van der Waals surface area (Å²) in [6.07, 6.45) is 0.340. The second kappa shape index (κ2) is 9.12. The van der Waals surface area contributed by atoms with E-state index in [4.69, 9.17) is 11.6 Å². The molecule has 0 spiro atoms. The summed E-state index contributed by atoms with van der Waals surface area (Å²) in [5, 5.41) is 8.87. The molecule has 1 unspecified atom stereocenters. The van der Waals surface area contributed by atoms with Crippen molar-refractivity contribution in [2.75, 3.05) is 26.2 Å². The number of hydrogen-bond donors (Lipinski definition) is 2. The number of nitrogens with zero attached hydrogens (tertiary/aromatic N) is 5. The first-order chi connectivity index (χ1) is 16.7. The van der Waals surface area contributed by atoms with Gasteiger partial charge in [0.25, 0.3) is 5.91 Å². The molecule has 1 aromatic carbocycles. The third-order valence-electron chi connectivity index (χ3n) is 6.24. The van der Waals surface area contributed by atoms with Crippen molar-refractivity contribution in [3.8, 4) is 11.4 Å². The number of halogens is 4. The number of fused-ring (bicyclic) bond motifs is 2. The predicted octanol–water partition coefficient (Wildman–Crippen LogP) is 4.17. The lowest BCUT2D eigenvalue weighted by atomic mass is 9.98. The van der Waals surface area contributed by atoms with Gasteiger partial charge in [0.15, 0.2) is 5.65 Å². The van der Waals surface area contributed by atoms with E-state index in [-0.39, 0.29) is 11.8 Å². The fraction of sp³-hybridized carbons (Fsp3) is 0.391. The molecular formula is C23H23ClF3N7O. The number of aromatic nitrogens is 5. The first kappa shape index (κ1) is 23.6. The molecule has 8 nitrogen and oxygen atoms in total. The summed E-state index contributed by atoms with van der Waals surface area (Å²) in [6, 6.07) is 5.45. The van der Waals surface area contributed by atoms with Gasteiger partial charge in [0.1, 0.15) is 16.9 Å². The molecule has 0 aliphatic carbocycles. The van der Waals surface area contributed by atoms with Crippen molar-refractivity contribution in [1.29, 1.82) is 0 Å². The van der Waals surface area contributed by atoms with E-state index in [1.165, 1.54) is 11.1 Å². The second-order valence-electron chi connectivity index (χ2n) is 8.86. The van der Waals surface area contributed by atoms with Crippen LogP contribution < -0.4 is 5.32 Å². The average molecular weight is 506 g/mol. The van der Waals surface area contributed by atoms with Crippen LogP contribution in [0.3, 0.4) is 0 Å². The van der Waals surface area contributed by atoms with Gasteiger partial charge in [0, 0.05) is 36.7 Å². The Morgan fingerprint density at radius 3 is 2.97 bits per heavy atom. The van der Waals surface area contributed by atoms with Gasteiger partial charge in [-0.2, -0.15) is 18.3 Å². The number of H-pyrrole nitrogens is 1. The van der Waals surface area contributed by atoms with Gasteiger partial charge in [-0.15, -0.1) is 0 Å². The summed E-state index contributed by atoms with van der Waals surface area (Å²) in [7, 11) is 1.81. The second-order valence-corrected chi connectivity index (χ2v) is 9.29. The number of hydrogen-bond acceptors (Lipinski definition) is 5. The zero-order valence-electron chi connectivity index (χ0n) is 18.9. The quantitative estimate of drug-likeness (QED) is 0.425. The molecule has 1 aliphatic rings. The zero-order chi connectivity index (χ0) is 24.7. The molecule has 1 amide bonds. The highest BCUT2D eigenvalue weighted by atomic mass is 35.5. The molecule has 1 atom stereocenters. The molecular weight excluding hydrogens is 483 g/mol. The zero-order valence-corrected chi connectivity index (χ0v) is 19.6. The van der Waals surface area contributed by atoms with Crippen LogP contribution in [-0.2, 0) is 7.05 Å². The third-order valence-corrected chi connectivity index (χ3v) is 6.47. The van der Waals surface area contributed by atoms with Crippen LogP contribution in [-0.4, -0.2) is 67.9 Å². The Morgan fingerprint density at radius 1 is 1.34 bits per heavy atom. The lowest BCUT2D eigenvalue weighted by Crippen LogP contribution is -2.44. The van der Waals surface area contributed by atoms with Crippen LogP contribution in [0.1, 0.15) is 23.2 Å². The number of piperidine rings is 1. The van der Waals surface area contributed by atoms with Gasteiger partial charge in [-0.25, -0.2) is 9.97 Å². The monoisotopic (exact) mass is 505 g/mol. The van der Waals surface area contributed by atoms with Crippen LogP contribution in [0.5, 0.6) is 0 Å². The molecule has 4 aromatic rings. The summed E-state index contributed by atoms with van der Waals surface area (Å²) < 4.78 is 39.9. The number of nitrogens with one attached hydrogen (secondary N) is 2. The van der Waals surface area contributed by atoms with E-state index in [9.17, 15) is 18.0 Å². The molecule has 0 radical (unpaired) electrons. The van der Waals surface area contributed by atoms with Crippen LogP contribution in [0.15, 0.2) is 30.6 Å². The van der Waals surface area contributed by atoms with Gasteiger partial charge in [-0.05, 0) is 43.5 Å². The maximum atomic E-state index is 12.9. The van der Waals surface area contributed by atoms with E-state index < -0.39 is 12.7 Å². The molecule has 2 N–H and O–H groups in total. The maximum absolute atomic E-state index is 12.9. The smallest absolute Gasteiger partial charge is 0.352 e. The van der Waals surface area contributed by atoms with Gasteiger partial charge in [-0.1, -0.05) is 11.6 Å². The number of aryl methyl sites for hydroxylation is 1. The lowest BCUT2D eigenvalue weighted by molar-refractivity contribution is -0.149. The summed E-state index contributed by atoms with van der Waals surface area (Å²) in [4.78, 5) is 26.4. The summed E-state index contributed by atoms with van der Waals surface area (Å²) >= 11 is 6.12. The Labute approximate surface area is 203 Å². The Bertz CT molecular complexity index is 1400. The Hall–Kier alpha value is -3.18. The van der Waals surface area contributed by atoms with Crippen molar-refractivity contribution >= 4 is 39.6 Å². The van der Waals surface area contributed by atoms with Crippen LogP contribution in [0.4, 0.5) is 13.2 Å². The van der Waals surface area contributed by atoms with E-state index in [1.54, 1.807) is 16.9 Å². The van der Waals surface area contributed by atoms with Gasteiger partial charge in [-0.3, -0.25) is 14.4 Å². The molecule has 1 fully saturated rings. The largest absolute Gasteiger partial charge is 0.401 e. The summed E-state index contributed by atoms with van der Waals surface area (Å²) in [5.41, 5.74) is 3.14. The number of rotatable bonds is 5. The molecule has 184 valence electrons. The molecule has 3 aromatic heterocycles. The third kappa shape index (κ3) is 4.96. The van der Waals surface area contributed by atoms with Crippen molar-refractivity contribution < 1.29 is 18.0 Å². The fourth-order valence-corrected chi connectivity index (χ4v) is 4.81. The van der Waals surface area contributed by atoms with E-state index in [1.807, 2.05) is 19.2 Å². The van der Waals surface area contributed by atoms with Crippen molar-refractivity contribution in [2.24, 2.45) is 13.0 Å². The molecule has 1 saturated heterocycles. The highest BCUT2D eigenvalue weighted by molar-refractivity contribution is 6.31. The number of benzene rings is 1. The van der Waals surface area contributed by atoms with Crippen LogP contribution >= 0.6 is 11.6 Å². The number of aromatic amines is 1. The minimum atomic E-state index is -4.23. The lowest BCUT2D eigenvalue weighted by Gasteiger charge is -2.33. The van der Waals surface area contributed by atoms with Gasteiger partial charge >= 0.3 is 6.18 Å². The first-order valence-electron chi connectivity index (χ1n) is 11.2. The van der Waals surface area contributed by atoms with Crippen molar-refractivity contribution in [3.05, 3.63) is 41.2 Å². The van der Waals surface area contributed by atoms with Crippen molar-refractivity contribution in [1.82, 2.24) is 34.9 Å². The van der Waals surface area contributed by atoms with Crippen LogP contribution in [0.25, 0.3) is 33.5 Å². The summed E-state index contributed by atoms with van der Waals surface area (Å²) in [5.74, 6) is -0.401. The minimum Gasteiger partial charge on any atom is -0.352 e. The summed E-state index contributed by atoms with van der Waals surface area (Å²) in [6.45, 7) is 0.0822. The van der Waals surface area contributed by atoms with Crippen molar-refractivity contribution in [2.45, 2.75) is 19.0 Å². The van der Waals surface area contributed by atoms with Gasteiger partial charge < -0.3 is 10.3 Å². The molecule has 1 aliphatic heterocycles. The minimum absolute atomic E-state index is 0.0476. The number of carbonyl (C=O) groups excluding carboxylic acids is 1. The average Bonchev–Trinajstić information content (AvgIpc) is 3.37. The predicted molar refractivity (Wildman–Crippen MR) is 126 cm³/mol. The molecule has 4 heterocycles. The molecule has 12 heteroatoms. The Balaban J connectivity index is 1.34. The van der Waals surface area contributed by atoms with E-state index in [0.29, 0.717) is 59.2 Å². The SMILES string of the molecule is Cn1nc(-c2cnc3[nH]cc(C(=O)NCC4CCCN(CC(F)(F)F)C4)c3n2)c2ccc(Cl)cc21. The van der Waals surface area contributed by atoms with Crippen molar-refractivity contribution in [3.63, 3.8) is 0 Å². The highest BCUT2D eigenvalue weighted by Gasteiger charge is 2.33. The molecule has 0 saturated carbocycles. The van der Waals surface area contributed by atoms with E-state index >= 15 is 0 Å². The highest BCUT2D eigenvalue weighted by Crippen LogP contribution is 2.29.